The number of carbonyl (C=O) groups excluding carboxylic acids is 3. The van der Waals surface area contributed by atoms with Gasteiger partial charge in [0.25, 0.3) is 0 Å². The molecule has 2 rings (SSSR count). The van der Waals surface area contributed by atoms with Crippen molar-refractivity contribution < 1.29 is 19.5 Å². The van der Waals surface area contributed by atoms with Gasteiger partial charge in [0.15, 0.2) is 0 Å². The summed E-state index contributed by atoms with van der Waals surface area (Å²) < 4.78 is 1.00. The van der Waals surface area contributed by atoms with Crippen molar-refractivity contribution in [2.75, 3.05) is 10.7 Å². The van der Waals surface area contributed by atoms with Crippen molar-refractivity contribution in [2.45, 2.75) is 11.7 Å². The Morgan fingerprint density at radius 2 is 2.00 bits per heavy atom. The summed E-state index contributed by atoms with van der Waals surface area (Å²) in [6.07, 6.45) is 0.0305. The van der Waals surface area contributed by atoms with Gasteiger partial charge in [-0.1, -0.05) is 0 Å². The smallest absolute Gasteiger partial charge is 0.247 e. The number of hydrogen-bond donors (Lipinski definition) is 0. The van der Waals surface area contributed by atoms with Crippen LogP contribution in [0, 0.1) is 3.57 Å². The zero-order valence-corrected chi connectivity index (χ0v) is 12.6. The first-order valence-electron chi connectivity index (χ1n) is 5.43. The van der Waals surface area contributed by atoms with Gasteiger partial charge in [-0.05, 0) is 46.9 Å². The zero-order valence-electron chi connectivity index (χ0n) is 9.67. The molecule has 2 amide bonds. The first-order valence-corrected chi connectivity index (χ1v) is 7.55. The van der Waals surface area contributed by atoms with Crippen molar-refractivity contribution in [2.24, 2.45) is 0 Å². The Balaban J connectivity index is 2.14. The second-order valence-electron chi connectivity index (χ2n) is 3.92. The van der Waals surface area contributed by atoms with Crippen LogP contribution < -0.4 is 10.0 Å². The third-order valence-electron chi connectivity index (χ3n) is 2.59. The van der Waals surface area contributed by atoms with Crippen LogP contribution in [-0.2, 0) is 14.4 Å². The van der Waals surface area contributed by atoms with Crippen molar-refractivity contribution in [1.82, 2.24) is 0 Å². The van der Waals surface area contributed by atoms with E-state index in [1.54, 1.807) is 24.3 Å². The van der Waals surface area contributed by atoms with Crippen LogP contribution in [0.2, 0.25) is 0 Å². The molecule has 1 fully saturated rings. The third kappa shape index (κ3) is 3.27. The van der Waals surface area contributed by atoms with Crippen molar-refractivity contribution >= 4 is 57.8 Å². The van der Waals surface area contributed by atoms with Crippen LogP contribution in [0.4, 0.5) is 5.69 Å². The van der Waals surface area contributed by atoms with Crippen LogP contribution in [0.1, 0.15) is 6.42 Å². The van der Waals surface area contributed by atoms with E-state index in [2.05, 4.69) is 22.6 Å². The fourth-order valence-corrected chi connectivity index (χ4v) is 2.97. The van der Waals surface area contributed by atoms with E-state index in [1.165, 1.54) is 0 Å². The normalized spacial score (nSPS) is 19.0. The average Bonchev–Trinajstić information content (AvgIpc) is 2.63. The SMILES string of the molecule is O=C([O-])CS[C@@H]1CC(=O)N(c2ccc(I)cc2)C1=O. The number of hydrogen-bond acceptors (Lipinski definition) is 5. The minimum Gasteiger partial charge on any atom is -0.549 e. The summed E-state index contributed by atoms with van der Waals surface area (Å²) in [5.74, 6) is -2.19. The lowest BCUT2D eigenvalue weighted by Crippen LogP contribution is -2.32. The molecule has 5 nitrogen and oxygen atoms in total. The molecule has 1 saturated heterocycles. The molecule has 1 heterocycles. The Bertz CT molecular complexity index is 531. The summed E-state index contributed by atoms with van der Waals surface area (Å²) in [6, 6.07) is 7.00. The van der Waals surface area contributed by atoms with Crippen molar-refractivity contribution in [3.63, 3.8) is 0 Å². The lowest BCUT2D eigenvalue weighted by Gasteiger charge is -2.15. The van der Waals surface area contributed by atoms with Gasteiger partial charge in [0.1, 0.15) is 0 Å². The van der Waals surface area contributed by atoms with E-state index < -0.39 is 11.2 Å². The Morgan fingerprint density at radius 1 is 1.37 bits per heavy atom. The van der Waals surface area contributed by atoms with Gasteiger partial charge in [0.2, 0.25) is 11.8 Å². The molecule has 7 heteroatoms. The third-order valence-corrected chi connectivity index (χ3v) is 4.48. The van der Waals surface area contributed by atoms with E-state index >= 15 is 0 Å². The molecule has 100 valence electrons. The highest BCUT2D eigenvalue weighted by Crippen LogP contribution is 2.29. The van der Waals surface area contributed by atoms with Crippen molar-refractivity contribution in [3.8, 4) is 0 Å². The molecule has 0 spiro atoms. The maximum absolute atomic E-state index is 12.1. The maximum Gasteiger partial charge on any atom is 0.247 e. The molecule has 0 N–H and O–H groups in total. The molecule has 0 radical (unpaired) electrons. The number of aliphatic carboxylic acids is 1. The first-order chi connectivity index (χ1) is 8.99. The number of carboxylic acids is 1. The first kappa shape index (κ1) is 14.3. The van der Waals surface area contributed by atoms with Gasteiger partial charge in [-0.15, -0.1) is 11.8 Å². The zero-order chi connectivity index (χ0) is 14.0. The number of imide groups is 1. The summed E-state index contributed by atoms with van der Waals surface area (Å²) in [4.78, 5) is 35.4. The molecule has 1 aromatic rings. The molecule has 1 aromatic carbocycles. The van der Waals surface area contributed by atoms with Crippen molar-refractivity contribution in [3.05, 3.63) is 27.8 Å². The Kier molecular flexibility index (Phi) is 4.46. The van der Waals surface area contributed by atoms with Crippen LogP contribution in [0.5, 0.6) is 0 Å². The Morgan fingerprint density at radius 3 is 2.58 bits per heavy atom. The molecule has 0 bridgehead atoms. The molecular weight excluding hydrogens is 381 g/mol. The van der Waals surface area contributed by atoms with Gasteiger partial charge >= 0.3 is 0 Å². The predicted molar refractivity (Wildman–Crippen MR) is 77.5 cm³/mol. The summed E-state index contributed by atoms with van der Waals surface area (Å²) in [5.41, 5.74) is 0.520. The number of nitrogens with zero attached hydrogens (tertiary/aromatic N) is 1. The molecular formula is C12H9INO4S-. The Hall–Kier alpha value is -1.09. The number of halogens is 1. The second-order valence-corrected chi connectivity index (χ2v) is 6.36. The number of anilines is 1. The fraction of sp³-hybridized carbons (Fsp3) is 0.250. The average molecular weight is 390 g/mol. The molecule has 0 saturated carbocycles. The highest BCUT2D eigenvalue weighted by molar-refractivity contribution is 14.1. The van der Waals surface area contributed by atoms with Gasteiger partial charge in [0.05, 0.1) is 16.9 Å². The van der Waals surface area contributed by atoms with Crippen LogP contribution in [0.15, 0.2) is 24.3 Å². The molecule has 0 aromatic heterocycles. The summed E-state index contributed by atoms with van der Waals surface area (Å²) in [6.45, 7) is 0. The lowest BCUT2D eigenvalue weighted by atomic mass is 10.3. The fourth-order valence-electron chi connectivity index (χ4n) is 1.76. The van der Waals surface area contributed by atoms with E-state index in [4.69, 9.17) is 0 Å². The quantitative estimate of drug-likeness (QED) is 0.550. The Labute approximate surface area is 127 Å². The van der Waals surface area contributed by atoms with E-state index in [0.29, 0.717) is 5.69 Å². The van der Waals surface area contributed by atoms with Gasteiger partial charge in [-0.2, -0.15) is 0 Å². The number of carboxylic acid groups (broad SMARTS) is 1. The van der Waals surface area contributed by atoms with Crippen LogP contribution >= 0.6 is 34.4 Å². The highest BCUT2D eigenvalue weighted by Gasteiger charge is 2.39. The van der Waals surface area contributed by atoms with Gasteiger partial charge in [-0.3, -0.25) is 9.59 Å². The summed E-state index contributed by atoms with van der Waals surface area (Å²) in [5, 5.41) is 9.76. The summed E-state index contributed by atoms with van der Waals surface area (Å²) >= 11 is 3.06. The van der Waals surface area contributed by atoms with Gasteiger partial charge < -0.3 is 9.90 Å². The number of rotatable bonds is 4. The predicted octanol–water partition coefficient (Wildman–Crippen LogP) is 0.406. The molecule has 1 aliphatic rings. The van der Waals surface area contributed by atoms with E-state index in [9.17, 15) is 19.5 Å². The topological polar surface area (TPSA) is 77.5 Å². The highest BCUT2D eigenvalue weighted by atomic mass is 127. The largest absolute Gasteiger partial charge is 0.549 e. The number of thioether (sulfide) groups is 1. The van der Waals surface area contributed by atoms with Crippen LogP contribution in [0.3, 0.4) is 0 Å². The second kappa shape index (κ2) is 5.91. The van der Waals surface area contributed by atoms with Crippen LogP contribution in [-0.4, -0.2) is 28.8 Å². The minimum absolute atomic E-state index is 0.0305. The van der Waals surface area contributed by atoms with Gasteiger partial charge in [0, 0.05) is 15.7 Å². The van der Waals surface area contributed by atoms with E-state index in [1.807, 2.05) is 0 Å². The molecule has 0 unspecified atom stereocenters. The number of amides is 2. The number of carbonyl (C=O) groups is 3. The molecule has 1 aliphatic heterocycles. The van der Waals surface area contributed by atoms with Gasteiger partial charge in [-0.25, -0.2) is 4.90 Å². The van der Waals surface area contributed by atoms with Crippen LogP contribution in [0.25, 0.3) is 0 Å². The number of benzene rings is 1. The van der Waals surface area contributed by atoms with E-state index in [0.717, 1.165) is 20.2 Å². The molecule has 1 atom stereocenters. The molecule has 19 heavy (non-hydrogen) atoms. The van der Waals surface area contributed by atoms with E-state index in [-0.39, 0.29) is 24.0 Å². The monoisotopic (exact) mass is 390 g/mol. The van der Waals surface area contributed by atoms with Crippen molar-refractivity contribution in [1.29, 1.82) is 0 Å². The maximum atomic E-state index is 12.1. The lowest BCUT2D eigenvalue weighted by molar-refractivity contribution is -0.301. The standard InChI is InChI=1S/C12H10INO4S/c13-7-1-3-8(4-2-7)14-10(15)5-9(12(14)18)19-6-11(16)17/h1-4,9H,5-6H2,(H,16,17)/p-1/t9-/m1/s1. The minimum atomic E-state index is -1.24. The summed E-state index contributed by atoms with van der Waals surface area (Å²) in [7, 11) is 0. The molecule has 0 aliphatic carbocycles.